The molecule has 0 bridgehead atoms. The van der Waals surface area contributed by atoms with Crippen LogP contribution >= 0.6 is 11.5 Å². The van der Waals surface area contributed by atoms with Crippen LogP contribution in [0.5, 0.6) is 0 Å². The van der Waals surface area contributed by atoms with Gasteiger partial charge in [-0.15, -0.1) is 0 Å². The van der Waals surface area contributed by atoms with Gasteiger partial charge in [-0.3, -0.25) is 4.79 Å². The highest BCUT2D eigenvalue weighted by molar-refractivity contribution is 7.11. The Hall–Kier alpha value is -2.29. The Balaban J connectivity index is 2.23. The third kappa shape index (κ3) is 3.24. The summed E-state index contributed by atoms with van der Waals surface area (Å²) in [5.74, 6) is -1.87. The number of hydrogen-bond donors (Lipinski definition) is 2. The van der Waals surface area contributed by atoms with E-state index in [-0.39, 0.29) is 22.0 Å². The summed E-state index contributed by atoms with van der Waals surface area (Å²) in [6.07, 6.45) is -1.24. The van der Waals surface area contributed by atoms with Crippen LogP contribution in [0.1, 0.15) is 26.5 Å². The lowest BCUT2D eigenvalue weighted by Crippen LogP contribution is -2.19. The number of carbonyl (C=O) groups excluding carboxylic acids is 1. The summed E-state index contributed by atoms with van der Waals surface area (Å²) in [5.41, 5.74) is 0.212. The number of carboxylic acids is 1. The molecule has 0 saturated carbocycles. The Morgan fingerprint density at radius 1 is 1.52 bits per heavy atom. The third-order valence-corrected chi connectivity index (χ3v) is 3.55. The number of alkyl halides is 2. The first-order chi connectivity index (χ1) is 9.90. The molecule has 0 unspecified atom stereocenters. The summed E-state index contributed by atoms with van der Waals surface area (Å²) < 4.78 is 29.8. The fourth-order valence-electron chi connectivity index (χ4n) is 1.80. The first-order valence-electron chi connectivity index (χ1n) is 5.84. The van der Waals surface area contributed by atoms with Crippen LogP contribution in [0.15, 0.2) is 18.3 Å². The predicted octanol–water partition coefficient (Wildman–Crippen LogP) is 2.47. The Morgan fingerprint density at radius 3 is 2.86 bits per heavy atom. The molecular weight excluding hydrogens is 304 g/mol. The second kappa shape index (κ2) is 6.00. The van der Waals surface area contributed by atoms with E-state index in [1.807, 2.05) is 0 Å². The predicted molar refractivity (Wildman–Crippen MR) is 72.2 cm³/mol. The van der Waals surface area contributed by atoms with Gasteiger partial charge in [-0.2, -0.15) is 4.37 Å². The van der Waals surface area contributed by atoms with Crippen molar-refractivity contribution >= 4 is 28.4 Å². The minimum atomic E-state index is -2.59. The smallest absolute Gasteiger partial charge is 0.340 e. The first kappa shape index (κ1) is 15.1. The zero-order valence-corrected chi connectivity index (χ0v) is 11.7. The van der Waals surface area contributed by atoms with Gasteiger partial charge in [0.25, 0.3) is 12.3 Å². The van der Waals surface area contributed by atoms with Gasteiger partial charge in [0.1, 0.15) is 16.3 Å². The largest absolute Gasteiger partial charge is 0.478 e. The van der Waals surface area contributed by atoms with Crippen LogP contribution < -0.4 is 5.32 Å². The number of anilines is 1. The molecule has 0 saturated heterocycles. The lowest BCUT2D eigenvalue weighted by atomic mass is 10.2. The molecule has 1 amide bonds. The summed E-state index contributed by atoms with van der Waals surface area (Å²) in [6.45, 7) is 0.901. The molecule has 9 heteroatoms. The maximum absolute atomic E-state index is 12.4. The normalized spacial score (nSPS) is 10.9. The molecule has 6 nitrogen and oxygen atoms in total. The van der Waals surface area contributed by atoms with Crippen LogP contribution in [-0.2, 0) is 6.54 Å². The van der Waals surface area contributed by atoms with E-state index in [9.17, 15) is 18.4 Å². The van der Waals surface area contributed by atoms with E-state index in [4.69, 9.17) is 5.11 Å². The lowest BCUT2D eigenvalue weighted by molar-refractivity contribution is 0.0697. The van der Waals surface area contributed by atoms with Crippen molar-refractivity contribution in [3.63, 3.8) is 0 Å². The lowest BCUT2D eigenvalue weighted by Gasteiger charge is -2.08. The van der Waals surface area contributed by atoms with Crippen LogP contribution in [0.2, 0.25) is 0 Å². The minimum Gasteiger partial charge on any atom is -0.478 e. The Kier molecular flexibility index (Phi) is 4.32. The summed E-state index contributed by atoms with van der Waals surface area (Å²) in [5, 5.41) is 11.5. The van der Waals surface area contributed by atoms with Crippen molar-refractivity contribution < 1.29 is 23.5 Å². The molecule has 112 valence electrons. The number of carbonyl (C=O) groups is 2. The van der Waals surface area contributed by atoms with Gasteiger partial charge in [0.15, 0.2) is 0 Å². The van der Waals surface area contributed by atoms with Crippen molar-refractivity contribution in [3.8, 4) is 0 Å². The zero-order valence-electron chi connectivity index (χ0n) is 10.8. The van der Waals surface area contributed by atoms with Gasteiger partial charge in [-0.1, -0.05) is 0 Å². The van der Waals surface area contributed by atoms with Gasteiger partial charge in [0.05, 0.1) is 12.2 Å². The molecular formula is C12H11F2N3O3S. The Bertz CT molecular complexity index is 681. The molecule has 2 N–H and O–H groups in total. The SMILES string of the molecule is Cc1nsc(NC(=O)c2cccn2CC(F)F)c1C(=O)O. The Labute approximate surface area is 122 Å². The molecule has 0 spiro atoms. The second-order valence-corrected chi connectivity index (χ2v) is 4.94. The quantitative estimate of drug-likeness (QED) is 0.887. The molecule has 2 rings (SSSR count). The van der Waals surface area contributed by atoms with E-state index in [1.54, 1.807) is 0 Å². The monoisotopic (exact) mass is 315 g/mol. The van der Waals surface area contributed by atoms with E-state index < -0.39 is 24.8 Å². The van der Waals surface area contributed by atoms with Crippen LogP contribution in [0.25, 0.3) is 0 Å². The van der Waals surface area contributed by atoms with E-state index in [2.05, 4.69) is 9.69 Å². The molecule has 0 aliphatic rings. The fourth-order valence-corrected chi connectivity index (χ4v) is 2.59. The van der Waals surface area contributed by atoms with Crippen LogP contribution in [0, 0.1) is 6.92 Å². The first-order valence-corrected chi connectivity index (χ1v) is 6.61. The summed E-state index contributed by atoms with van der Waals surface area (Å²) in [6, 6.07) is 2.85. The number of aromatic nitrogens is 2. The Morgan fingerprint density at radius 2 is 2.24 bits per heavy atom. The van der Waals surface area contributed by atoms with E-state index in [0.29, 0.717) is 0 Å². The standard InChI is InChI=1S/C12H11F2N3O3S/c1-6-9(12(19)20)11(21-16-6)15-10(18)7-3-2-4-17(7)5-8(13)14/h2-4,8H,5H2,1H3,(H,15,18)(H,19,20). The molecule has 21 heavy (non-hydrogen) atoms. The van der Waals surface area contributed by atoms with Crippen molar-refractivity contribution in [2.45, 2.75) is 19.9 Å². The molecule has 0 atom stereocenters. The molecule has 2 aromatic rings. The number of aryl methyl sites for hydroxylation is 1. The van der Waals surface area contributed by atoms with Crippen molar-refractivity contribution in [1.29, 1.82) is 0 Å². The summed E-state index contributed by atoms with van der Waals surface area (Å²) >= 11 is 0.830. The molecule has 0 aliphatic carbocycles. The highest BCUT2D eigenvalue weighted by atomic mass is 32.1. The van der Waals surface area contributed by atoms with Gasteiger partial charge < -0.3 is 15.0 Å². The number of carboxylic acid groups (broad SMARTS) is 1. The molecule has 0 aliphatic heterocycles. The van der Waals surface area contributed by atoms with Crippen molar-refractivity contribution in [1.82, 2.24) is 8.94 Å². The number of hydrogen-bond acceptors (Lipinski definition) is 4. The number of aromatic carboxylic acids is 1. The van der Waals surface area contributed by atoms with Crippen molar-refractivity contribution in [3.05, 3.63) is 35.3 Å². The molecule has 2 heterocycles. The van der Waals surface area contributed by atoms with Crippen LogP contribution in [0.4, 0.5) is 13.8 Å². The van der Waals surface area contributed by atoms with Gasteiger partial charge in [-0.05, 0) is 30.6 Å². The van der Waals surface area contributed by atoms with E-state index in [0.717, 1.165) is 16.1 Å². The minimum absolute atomic E-state index is 0.0256. The summed E-state index contributed by atoms with van der Waals surface area (Å²) in [7, 11) is 0. The topological polar surface area (TPSA) is 84.2 Å². The van der Waals surface area contributed by atoms with Gasteiger partial charge >= 0.3 is 5.97 Å². The van der Waals surface area contributed by atoms with Crippen molar-refractivity contribution in [2.75, 3.05) is 5.32 Å². The van der Waals surface area contributed by atoms with Gasteiger partial charge in [-0.25, -0.2) is 13.6 Å². The number of nitrogens with zero attached hydrogens (tertiary/aromatic N) is 2. The van der Waals surface area contributed by atoms with E-state index in [1.165, 1.54) is 25.3 Å². The fraction of sp³-hybridized carbons (Fsp3) is 0.250. The maximum Gasteiger partial charge on any atom is 0.340 e. The molecule has 0 fully saturated rings. The third-order valence-electron chi connectivity index (χ3n) is 2.70. The second-order valence-electron chi connectivity index (χ2n) is 4.17. The number of nitrogens with one attached hydrogen (secondary N) is 1. The van der Waals surface area contributed by atoms with Crippen LogP contribution in [0.3, 0.4) is 0 Å². The number of halogens is 2. The van der Waals surface area contributed by atoms with Gasteiger partial charge in [0.2, 0.25) is 0 Å². The van der Waals surface area contributed by atoms with E-state index >= 15 is 0 Å². The molecule has 0 radical (unpaired) electrons. The highest BCUT2D eigenvalue weighted by Crippen LogP contribution is 2.25. The summed E-state index contributed by atoms with van der Waals surface area (Å²) in [4.78, 5) is 23.2. The number of rotatable bonds is 5. The zero-order chi connectivity index (χ0) is 15.6. The average Bonchev–Trinajstić information content (AvgIpc) is 2.95. The van der Waals surface area contributed by atoms with Crippen molar-refractivity contribution in [2.24, 2.45) is 0 Å². The molecule has 2 aromatic heterocycles. The molecule has 0 aromatic carbocycles. The van der Waals surface area contributed by atoms with Gasteiger partial charge in [0, 0.05) is 6.20 Å². The van der Waals surface area contributed by atoms with Crippen LogP contribution in [-0.4, -0.2) is 32.3 Å². The number of amides is 1. The highest BCUT2D eigenvalue weighted by Gasteiger charge is 2.21. The maximum atomic E-state index is 12.4. The average molecular weight is 315 g/mol.